The van der Waals surface area contributed by atoms with Crippen molar-refractivity contribution in [3.8, 4) is 6.07 Å². The van der Waals surface area contributed by atoms with Crippen LogP contribution in [0.2, 0.25) is 0 Å². The van der Waals surface area contributed by atoms with Gasteiger partial charge in [0.05, 0.1) is 23.3 Å². The number of nitriles is 1. The summed E-state index contributed by atoms with van der Waals surface area (Å²) in [5.74, 6) is 0. The maximum Gasteiger partial charge on any atom is 0.416 e. The zero-order valence-corrected chi connectivity index (χ0v) is 15.4. The molecule has 0 bridgehead atoms. The summed E-state index contributed by atoms with van der Waals surface area (Å²) >= 11 is 0. The van der Waals surface area contributed by atoms with Gasteiger partial charge in [-0.1, -0.05) is 12.1 Å². The van der Waals surface area contributed by atoms with Gasteiger partial charge >= 0.3 is 6.18 Å². The molecule has 0 amide bonds. The minimum absolute atomic E-state index is 0.281. The van der Waals surface area contributed by atoms with Gasteiger partial charge in [-0.25, -0.2) is 0 Å². The maximum atomic E-state index is 12.9. The molecule has 0 saturated carbocycles. The zero-order valence-electron chi connectivity index (χ0n) is 15.4. The van der Waals surface area contributed by atoms with Crippen LogP contribution in [0, 0.1) is 11.3 Å². The molecule has 1 aliphatic heterocycles. The Morgan fingerprint density at radius 2 is 1.79 bits per heavy atom. The lowest BCUT2D eigenvalue weighted by molar-refractivity contribution is -0.137. The van der Waals surface area contributed by atoms with Gasteiger partial charge in [-0.2, -0.15) is 18.4 Å². The highest BCUT2D eigenvalue weighted by Gasteiger charge is 2.31. The van der Waals surface area contributed by atoms with E-state index >= 15 is 0 Å². The summed E-state index contributed by atoms with van der Waals surface area (Å²) in [4.78, 5) is 4.30. The quantitative estimate of drug-likeness (QED) is 0.864. The molecule has 1 aliphatic rings. The Hall–Kier alpha value is -2.56. The van der Waals surface area contributed by atoms with Crippen molar-refractivity contribution in [2.75, 3.05) is 37.6 Å². The van der Waals surface area contributed by atoms with Gasteiger partial charge in [-0.15, -0.1) is 0 Å². The number of hydrogen-bond donors (Lipinski definition) is 1. The molecule has 2 aromatic carbocycles. The lowest BCUT2D eigenvalue weighted by Gasteiger charge is -2.25. The molecule has 1 unspecified atom stereocenters. The second-order valence-corrected chi connectivity index (χ2v) is 6.94. The third-order valence-electron chi connectivity index (χ3n) is 4.98. The molecule has 1 atom stereocenters. The molecule has 3 rings (SSSR count). The van der Waals surface area contributed by atoms with E-state index in [-0.39, 0.29) is 5.56 Å². The molecule has 148 valence electrons. The monoisotopic (exact) mass is 389 g/mol. The summed E-state index contributed by atoms with van der Waals surface area (Å²) in [5.41, 5.74) is 1.19. The normalized spacial score (nSPS) is 17.0. The molecule has 2 aromatic rings. The molecule has 1 heterocycles. The van der Waals surface area contributed by atoms with Gasteiger partial charge in [-0.05, 0) is 48.4 Å². The van der Waals surface area contributed by atoms with E-state index in [1.807, 2.05) is 12.1 Å². The topological polar surface area (TPSA) is 50.5 Å². The zero-order chi connectivity index (χ0) is 20.1. The highest BCUT2D eigenvalue weighted by molar-refractivity contribution is 5.49. The van der Waals surface area contributed by atoms with Crippen LogP contribution in [0.25, 0.3) is 0 Å². The van der Waals surface area contributed by atoms with Gasteiger partial charge in [0.15, 0.2) is 0 Å². The number of benzene rings is 2. The third-order valence-corrected chi connectivity index (χ3v) is 4.98. The summed E-state index contributed by atoms with van der Waals surface area (Å²) in [6.07, 6.45) is -4.50. The van der Waals surface area contributed by atoms with Crippen LogP contribution in [0.15, 0.2) is 48.5 Å². The fraction of sp³-hybridized carbons (Fsp3) is 0.381. The van der Waals surface area contributed by atoms with Gasteiger partial charge in [0.2, 0.25) is 0 Å². The van der Waals surface area contributed by atoms with Gasteiger partial charge in [0.25, 0.3) is 0 Å². The van der Waals surface area contributed by atoms with Crippen LogP contribution in [0.5, 0.6) is 0 Å². The number of aliphatic hydroxyl groups is 1. The molecule has 0 aromatic heterocycles. The van der Waals surface area contributed by atoms with Crippen molar-refractivity contribution in [2.24, 2.45) is 0 Å². The van der Waals surface area contributed by atoms with Gasteiger partial charge in [0, 0.05) is 38.4 Å². The highest BCUT2D eigenvalue weighted by Crippen LogP contribution is 2.31. The Balaban J connectivity index is 1.60. The van der Waals surface area contributed by atoms with Crippen LogP contribution >= 0.6 is 0 Å². The minimum Gasteiger partial charge on any atom is -0.387 e. The van der Waals surface area contributed by atoms with E-state index in [0.717, 1.165) is 43.9 Å². The molecule has 7 heteroatoms. The van der Waals surface area contributed by atoms with E-state index in [4.69, 9.17) is 5.26 Å². The number of halogens is 3. The van der Waals surface area contributed by atoms with Crippen LogP contribution in [0.3, 0.4) is 0 Å². The van der Waals surface area contributed by atoms with E-state index in [9.17, 15) is 18.3 Å². The molecular formula is C21H22F3N3O. The average molecular weight is 389 g/mol. The van der Waals surface area contributed by atoms with Crippen molar-refractivity contribution in [3.05, 3.63) is 65.2 Å². The Bertz CT molecular complexity index is 830. The molecule has 1 fully saturated rings. The smallest absolute Gasteiger partial charge is 0.387 e. The Labute approximate surface area is 162 Å². The summed E-state index contributed by atoms with van der Waals surface area (Å²) in [6, 6.07) is 14.4. The van der Waals surface area contributed by atoms with Crippen molar-refractivity contribution in [2.45, 2.75) is 18.7 Å². The molecule has 0 radical (unpaired) electrons. The minimum atomic E-state index is -4.42. The van der Waals surface area contributed by atoms with Crippen molar-refractivity contribution in [3.63, 3.8) is 0 Å². The highest BCUT2D eigenvalue weighted by atomic mass is 19.4. The molecular weight excluding hydrogens is 367 g/mol. The third kappa shape index (κ3) is 5.03. The number of anilines is 1. The second kappa shape index (κ2) is 8.63. The van der Waals surface area contributed by atoms with E-state index in [1.165, 1.54) is 12.1 Å². The van der Waals surface area contributed by atoms with Crippen molar-refractivity contribution >= 4 is 5.69 Å². The summed E-state index contributed by atoms with van der Waals surface area (Å²) in [5, 5.41) is 19.3. The van der Waals surface area contributed by atoms with E-state index in [1.54, 1.807) is 12.1 Å². The van der Waals surface area contributed by atoms with Crippen molar-refractivity contribution in [1.82, 2.24) is 4.90 Å². The van der Waals surface area contributed by atoms with E-state index in [2.05, 4.69) is 15.9 Å². The lowest BCUT2D eigenvalue weighted by atomic mass is 10.1. The predicted molar refractivity (Wildman–Crippen MR) is 101 cm³/mol. The number of rotatable bonds is 4. The lowest BCUT2D eigenvalue weighted by Crippen LogP contribution is -2.33. The molecule has 0 aliphatic carbocycles. The van der Waals surface area contributed by atoms with Gasteiger partial charge in [0.1, 0.15) is 0 Å². The van der Waals surface area contributed by atoms with Crippen LogP contribution < -0.4 is 4.90 Å². The molecule has 4 nitrogen and oxygen atoms in total. The first kappa shape index (κ1) is 20.2. The first-order chi connectivity index (χ1) is 13.4. The molecule has 1 N–H and O–H groups in total. The van der Waals surface area contributed by atoms with Crippen LogP contribution in [0.1, 0.15) is 29.2 Å². The van der Waals surface area contributed by atoms with Gasteiger partial charge in [-0.3, -0.25) is 4.90 Å². The summed E-state index contributed by atoms with van der Waals surface area (Å²) in [7, 11) is 0. The summed E-state index contributed by atoms with van der Waals surface area (Å²) in [6.45, 7) is 3.37. The van der Waals surface area contributed by atoms with Crippen LogP contribution in [-0.4, -0.2) is 42.7 Å². The first-order valence-corrected chi connectivity index (χ1v) is 9.19. The number of aliphatic hydroxyl groups excluding tert-OH is 1. The first-order valence-electron chi connectivity index (χ1n) is 9.19. The number of nitrogens with zero attached hydrogens (tertiary/aromatic N) is 3. The Morgan fingerprint density at radius 3 is 2.46 bits per heavy atom. The van der Waals surface area contributed by atoms with E-state index in [0.29, 0.717) is 18.7 Å². The van der Waals surface area contributed by atoms with Crippen molar-refractivity contribution < 1.29 is 18.3 Å². The second-order valence-electron chi connectivity index (χ2n) is 6.94. The molecule has 1 saturated heterocycles. The number of alkyl halides is 3. The largest absolute Gasteiger partial charge is 0.416 e. The number of hydrogen-bond acceptors (Lipinski definition) is 4. The van der Waals surface area contributed by atoms with E-state index < -0.39 is 17.8 Å². The van der Waals surface area contributed by atoms with Crippen LogP contribution in [-0.2, 0) is 6.18 Å². The Morgan fingerprint density at radius 1 is 1.04 bits per heavy atom. The number of β-amino-alcohol motifs (C(OH)–C–C–N with tert-alkyl or cyclic N) is 1. The standard InChI is InChI=1S/C21H22F3N3O/c22-21(23,24)18-4-1-3-17(13-18)20(28)15-26-9-2-10-27(12-11-26)19-7-5-16(14-25)6-8-19/h1,3-8,13,20,28H,2,9-12,15H2. The fourth-order valence-corrected chi connectivity index (χ4v) is 3.43. The maximum absolute atomic E-state index is 12.9. The fourth-order valence-electron chi connectivity index (χ4n) is 3.43. The molecule has 0 spiro atoms. The molecule has 28 heavy (non-hydrogen) atoms. The predicted octanol–water partition coefficient (Wildman–Crippen LogP) is 3.82. The van der Waals surface area contributed by atoms with Gasteiger partial charge < -0.3 is 10.0 Å². The van der Waals surface area contributed by atoms with Crippen LogP contribution in [0.4, 0.5) is 18.9 Å². The Kier molecular flexibility index (Phi) is 6.22. The SMILES string of the molecule is N#Cc1ccc(N2CCCN(CC(O)c3cccc(C(F)(F)F)c3)CC2)cc1. The average Bonchev–Trinajstić information content (AvgIpc) is 2.93. The summed E-state index contributed by atoms with van der Waals surface area (Å²) < 4.78 is 38.6. The van der Waals surface area contributed by atoms with Crippen molar-refractivity contribution in [1.29, 1.82) is 5.26 Å².